The van der Waals surface area contributed by atoms with Crippen LogP contribution in [0.4, 0.5) is 5.69 Å². The van der Waals surface area contributed by atoms with Gasteiger partial charge in [0.25, 0.3) is 0 Å². The van der Waals surface area contributed by atoms with Crippen LogP contribution in [0.1, 0.15) is 27.4 Å². The third kappa shape index (κ3) is 3.47. The molecule has 2 aliphatic heterocycles. The number of ketones is 1. The Bertz CT molecular complexity index is 1390. The molecule has 0 saturated carbocycles. The molecule has 4 atom stereocenters. The van der Waals surface area contributed by atoms with E-state index in [1.807, 2.05) is 41.3 Å². The molecule has 36 heavy (non-hydrogen) atoms. The lowest BCUT2D eigenvalue weighted by molar-refractivity contribution is -0.150. The Morgan fingerprint density at radius 3 is 2.33 bits per heavy atom. The zero-order valence-electron chi connectivity index (χ0n) is 19.7. The molecule has 2 aliphatic rings. The van der Waals surface area contributed by atoms with Crippen molar-refractivity contribution in [3.63, 3.8) is 0 Å². The van der Waals surface area contributed by atoms with Gasteiger partial charge in [0.05, 0.1) is 26.3 Å². The topological polar surface area (TPSA) is 79.6 Å². The van der Waals surface area contributed by atoms with E-state index in [9.17, 15) is 14.9 Å². The van der Waals surface area contributed by atoms with Gasteiger partial charge >= 0.3 is 5.97 Å². The van der Waals surface area contributed by atoms with Crippen molar-refractivity contribution in [2.24, 2.45) is 5.41 Å². The molecule has 1 fully saturated rings. The van der Waals surface area contributed by atoms with Gasteiger partial charge in [-0.2, -0.15) is 5.26 Å². The van der Waals surface area contributed by atoms with Crippen LogP contribution in [0.2, 0.25) is 5.02 Å². The average Bonchev–Trinajstić information content (AvgIpc) is 3.24. The summed E-state index contributed by atoms with van der Waals surface area (Å²) in [5.41, 5.74) is 1.09. The molecule has 0 aromatic heterocycles. The van der Waals surface area contributed by atoms with E-state index in [4.69, 9.17) is 21.1 Å². The van der Waals surface area contributed by atoms with Gasteiger partial charge in [-0.25, -0.2) is 0 Å². The number of esters is 1. The molecule has 0 aliphatic carbocycles. The van der Waals surface area contributed by atoms with Gasteiger partial charge in [0.2, 0.25) is 0 Å². The van der Waals surface area contributed by atoms with Crippen molar-refractivity contribution < 1.29 is 19.1 Å². The highest BCUT2D eigenvalue weighted by molar-refractivity contribution is 6.30. The number of carbonyl (C=O) groups excluding carboxylic acids is 2. The van der Waals surface area contributed by atoms with Crippen LogP contribution in [0.5, 0.6) is 5.75 Å². The lowest BCUT2D eigenvalue weighted by Crippen LogP contribution is -2.46. The minimum Gasteiger partial charge on any atom is -0.497 e. The average molecular weight is 499 g/mol. The Hall–Kier alpha value is -4.08. The first-order chi connectivity index (χ1) is 17.5. The van der Waals surface area contributed by atoms with Crippen LogP contribution in [0.3, 0.4) is 0 Å². The van der Waals surface area contributed by atoms with E-state index < -0.39 is 29.4 Å². The van der Waals surface area contributed by atoms with Crippen LogP contribution in [-0.4, -0.2) is 38.1 Å². The van der Waals surface area contributed by atoms with E-state index in [2.05, 4.69) is 6.07 Å². The lowest BCUT2D eigenvalue weighted by atomic mass is 9.68. The number of rotatable bonds is 5. The number of carbonyl (C=O) groups is 2. The predicted octanol–water partition coefficient (Wildman–Crippen LogP) is 5.28. The van der Waals surface area contributed by atoms with Gasteiger partial charge in [-0.3, -0.25) is 9.59 Å². The van der Waals surface area contributed by atoms with E-state index in [-0.39, 0.29) is 5.78 Å². The minimum absolute atomic E-state index is 0.219. The number of methoxy groups -OCH3 is 2. The Morgan fingerprint density at radius 2 is 1.69 bits per heavy atom. The molecular weight excluding hydrogens is 476 g/mol. The van der Waals surface area contributed by atoms with Crippen LogP contribution in [0.25, 0.3) is 6.08 Å². The number of fused-ring (bicyclic) bond motifs is 3. The smallest absolute Gasteiger partial charge is 0.329 e. The van der Waals surface area contributed by atoms with E-state index in [0.29, 0.717) is 21.9 Å². The normalized spacial score (nSPS) is 23.8. The van der Waals surface area contributed by atoms with Crippen LogP contribution < -0.4 is 9.64 Å². The zero-order chi connectivity index (χ0) is 25.4. The second-order valence-corrected chi connectivity index (χ2v) is 9.25. The maximum atomic E-state index is 14.2. The number of para-hydroxylation sites is 1. The molecule has 0 bridgehead atoms. The van der Waals surface area contributed by atoms with E-state index in [1.54, 1.807) is 55.6 Å². The summed E-state index contributed by atoms with van der Waals surface area (Å²) in [5.74, 6) is -1.11. The highest BCUT2D eigenvalue weighted by Crippen LogP contribution is 2.56. The van der Waals surface area contributed by atoms with Crippen LogP contribution in [0, 0.1) is 16.7 Å². The Labute approximate surface area is 214 Å². The number of hydrogen-bond donors (Lipinski definition) is 0. The largest absolute Gasteiger partial charge is 0.497 e. The van der Waals surface area contributed by atoms with Crippen molar-refractivity contribution in [2.45, 2.75) is 18.0 Å². The quantitative estimate of drug-likeness (QED) is 0.351. The molecule has 0 N–H and O–H groups in total. The first-order valence-corrected chi connectivity index (χ1v) is 11.8. The molecule has 3 aromatic carbocycles. The SMILES string of the molecule is COC(=O)[C@]1(C#N)[C@H](c2ccc(OC)cc2)[C@@H](C(=O)c2ccc(Cl)cc2)N2c3ccccc3C=C[C@@H]21. The number of Topliss-reactive ketones (excluding diaryl/α,β-unsaturated/α-hetero) is 1. The van der Waals surface area contributed by atoms with Crippen LogP contribution in [0.15, 0.2) is 78.9 Å². The maximum Gasteiger partial charge on any atom is 0.329 e. The molecule has 6 nitrogen and oxygen atoms in total. The third-order valence-corrected chi connectivity index (χ3v) is 7.38. The van der Waals surface area contributed by atoms with Crippen molar-refractivity contribution in [3.8, 4) is 11.8 Å². The van der Waals surface area contributed by atoms with E-state index >= 15 is 0 Å². The maximum absolute atomic E-state index is 14.2. The summed E-state index contributed by atoms with van der Waals surface area (Å²) < 4.78 is 10.6. The Kier molecular flexibility index (Phi) is 6.03. The standard InChI is InChI=1S/C29H23ClN2O4/c1-35-22-14-9-19(10-15-22)25-26(27(33)20-7-12-21(30)13-8-20)32-23-6-4-3-5-18(23)11-16-24(32)29(25,17-31)28(34)36-2/h3-16,24-26H,1-2H3/t24-,25-,26+,29+/m1/s1. The molecule has 1 saturated heterocycles. The Balaban J connectivity index is 1.79. The van der Waals surface area contributed by atoms with Gasteiger partial charge < -0.3 is 14.4 Å². The zero-order valence-corrected chi connectivity index (χ0v) is 20.5. The summed E-state index contributed by atoms with van der Waals surface area (Å²) in [6, 6.07) is 22.1. The van der Waals surface area contributed by atoms with Crippen molar-refractivity contribution in [1.82, 2.24) is 0 Å². The molecule has 5 rings (SSSR count). The van der Waals surface area contributed by atoms with Gasteiger partial charge in [0.1, 0.15) is 11.8 Å². The molecule has 180 valence electrons. The van der Waals surface area contributed by atoms with E-state index in [1.165, 1.54) is 7.11 Å². The summed E-state index contributed by atoms with van der Waals surface area (Å²) in [5, 5.41) is 11.2. The molecule has 0 unspecified atom stereocenters. The number of nitriles is 1. The molecule has 0 amide bonds. The van der Waals surface area contributed by atoms with Gasteiger partial charge in [0.15, 0.2) is 11.2 Å². The van der Waals surface area contributed by atoms with Gasteiger partial charge in [-0.1, -0.05) is 54.1 Å². The van der Waals surface area contributed by atoms with E-state index in [0.717, 1.165) is 11.3 Å². The van der Waals surface area contributed by atoms with Gasteiger partial charge in [-0.05, 0) is 53.6 Å². The molecule has 7 heteroatoms. The minimum atomic E-state index is -1.68. The van der Waals surface area contributed by atoms with Crippen molar-refractivity contribution in [3.05, 3.63) is 101 Å². The van der Waals surface area contributed by atoms with Crippen LogP contribution >= 0.6 is 11.6 Å². The van der Waals surface area contributed by atoms with Gasteiger partial charge in [0, 0.05) is 22.2 Å². The Morgan fingerprint density at radius 1 is 1.00 bits per heavy atom. The number of benzene rings is 3. The van der Waals surface area contributed by atoms with Crippen LogP contribution in [-0.2, 0) is 9.53 Å². The number of ether oxygens (including phenoxy) is 2. The van der Waals surface area contributed by atoms with Gasteiger partial charge in [-0.15, -0.1) is 0 Å². The van der Waals surface area contributed by atoms with Crippen molar-refractivity contribution >= 4 is 35.1 Å². The number of halogens is 1. The first kappa shape index (κ1) is 23.7. The number of nitrogens with zero attached hydrogens (tertiary/aromatic N) is 2. The number of hydrogen-bond acceptors (Lipinski definition) is 6. The lowest BCUT2D eigenvalue weighted by Gasteiger charge is -2.36. The summed E-state index contributed by atoms with van der Waals surface area (Å²) >= 11 is 6.09. The highest BCUT2D eigenvalue weighted by Gasteiger charge is 2.67. The second kappa shape index (κ2) is 9.18. The summed E-state index contributed by atoms with van der Waals surface area (Å²) in [4.78, 5) is 29.7. The van der Waals surface area contributed by atoms with Crippen molar-refractivity contribution in [2.75, 3.05) is 19.1 Å². The summed E-state index contributed by atoms with van der Waals surface area (Å²) in [6.45, 7) is 0. The first-order valence-electron chi connectivity index (χ1n) is 11.4. The molecule has 2 heterocycles. The molecule has 0 spiro atoms. The monoisotopic (exact) mass is 498 g/mol. The predicted molar refractivity (Wildman–Crippen MR) is 137 cm³/mol. The number of anilines is 1. The fourth-order valence-corrected chi connectivity index (χ4v) is 5.63. The second-order valence-electron chi connectivity index (χ2n) is 8.81. The highest BCUT2D eigenvalue weighted by atomic mass is 35.5. The molecule has 0 radical (unpaired) electrons. The van der Waals surface area contributed by atoms with Crippen molar-refractivity contribution in [1.29, 1.82) is 5.26 Å². The summed E-state index contributed by atoms with van der Waals surface area (Å²) in [6.07, 6.45) is 3.72. The third-order valence-electron chi connectivity index (χ3n) is 7.13. The summed E-state index contributed by atoms with van der Waals surface area (Å²) in [7, 11) is 2.83. The fourth-order valence-electron chi connectivity index (χ4n) is 5.51. The fraction of sp³-hybridized carbons (Fsp3) is 0.207. The molecular formula is C29H23ClN2O4. The molecule has 3 aromatic rings.